The lowest BCUT2D eigenvalue weighted by atomic mass is 9.97. The molecular weight excluding hydrogens is 494 g/mol. The molecule has 0 fully saturated rings. The van der Waals surface area contributed by atoms with Gasteiger partial charge in [0.15, 0.2) is 45.6 Å². The Kier molecular flexibility index (Phi) is 4.60. The Morgan fingerprint density at radius 1 is 0.500 bits per heavy atom. The van der Waals surface area contributed by atoms with Gasteiger partial charge in [-0.15, -0.1) is 0 Å². The van der Waals surface area contributed by atoms with Crippen LogP contribution in [0.1, 0.15) is 0 Å². The maximum Gasteiger partial charge on any atom is 0.249 e. The van der Waals surface area contributed by atoms with Crippen molar-refractivity contribution in [3.05, 3.63) is 46.0 Å². The van der Waals surface area contributed by atoms with Crippen molar-refractivity contribution in [2.45, 2.75) is 0 Å². The molecule has 0 atom stereocenters. The molecule has 0 N–H and O–H groups in total. The highest BCUT2D eigenvalue weighted by Crippen LogP contribution is 2.42. The van der Waals surface area contributed by atoms with E-state index in [1.165, 1.54) is 24.3 Å². The molecule has 14 heteroatoms. The summed E-state index contributed by atoms with van der Waals surface area (Å²) in [6.07, 6.45) is 0. The van der Waals surface area contributed by atoms with Gasteiger partial charge in [-0.25, -0.2) is 27.5 Å². The average molecular weight is 494 g/mol. The van der Waals surface area contributed by atoms with E-state index >= 15 is 0 Å². The van der Waals surface area contributed by atoms with Crippen LogP contribution in [-0.2, 0) is 0 Å². The Morgan fingerprint density at radius 2 is 0.806 bits per heavy atom. The van der Waals surface area contributed by atoms with Crippen LogP contribution in [0.2, 0.25) is 0 Å². The quantitative estimate of drug-likeness (QED) is 0.235. The fourth-order valence-corrected chi connectivity index (χ4v) is 3.73. The Balaban J connectivity index is 2.27. The minimum absolute atomic E-state index is 0.799. The van der Waals surface area contributed by atoms with Gasteiger partial charge in [-0.2, -0.15) is 29.8 Å². The summed E-state index contributed by atoms with van der Waals surface area (Å²) in [7, 11) is 0. The lowest BCUT2D eigenvalue weighted by Crippen LogP contribution is -2.04. The summed E-state index contributed by atoms with van der Waals surface area (Å²) in [5, 5.41) is 31.6. The topological polar surface area (TPSA) is 147 Å². The fraction of sp³-hybridized carbons (Fsp3) is 0. The first-order valence-corrected chi connectivity index (χ1v) is 9.24. The van der Waals surface area contributed by atoms with Crippen LogP contribution in [0.4, 0.5) is 26.3 Å². The standard InChI is InChI=1S/C22F6N6O2/c23-11-9-7(17-19(15(27)13(9)25)35-21(33-17)5(1-29)2-30)8-10(12(11)24)14(26)16(28)20-18(8)34-22(36-20)6(3-31)4-32. The van der Waals surface area contributed by atoms with Crippen LogP contribution in [0.25, 0.3) is 54.9 Å². The second-order valence-corrected chi connectivity index (χ2v) is 6.97. The number of hydrogen-bond donors (Lipinski definition) is 0. The molecule has 0 bridgehead atoms. The zero-order valence-electron chi connectivity index (χ0n) is 16.8. The highest BCUT2D eigenvalue weighted by Gasteiger charge is 2.32. The summed E-state index contributed by atoms with van der Waals surface area (Å²) in [5.74, 6) is -12.0. The Hall–Kier alpha value is -5.60. The van der Waals surface area contributed by atoms with E-state index in [2.05, 4.69) is 9.97 Å². The number of hydrogen-bond acceptors (Lipinski definition) is 8. The van der Waals surface area contributed by atoms with E-state index in [1.807, 2.05) is 0 Å². The van der Waals surface area contributed by atoms with Crippen molar-refractivity contribution in [2.24, 2.45) is 0 Å². The molecular formula is C22F6N6O2. The third kappa shape index (κ3) is 2.61. The molecule has 2 aromatic heterocycles. The third-order valence-corrected chi connectivity index (χ3v) is 5.21. The second kappa shape index (κ2) is 7.45. The number of oxazole rings is 2. The molecule has 0 spiro atoms. The van der Waals surface area contributed by atoms with Crippen LogP contribution in [0, 0.1) is 80.2 Å². The van der Waals surface area contributed by atoms with Gasteiger partial charge >= 0.3 is 0 Å². The van der Waals surface area contributed by atoms with Crippen molar-refractivity contribution in [3.8, 4) is 24.3 Å². The van der Waals surface area contributed by atoms with E-state index in [0.29, 0.717) is 0 Å². The Bertz CT molecular complexity index is 1980. The molecule has 0 unspecified atom stereocenters. The Labute approximate surface area is 192 Å². The lowest BCUT2D eigenvalue weighted by Gasteiger charge is -2.11. The van der Waals surface area contributed by atoms with Gasteiger partial charge in [0.1, 0.15) is 35.3 Å². The van der Waals surface area contributed by atoms with E-state index in [1.54, 1.807) is 0 Å². The maximum atomic E-state index is 15.0. The summed E-state index contributed by atoms with van der Waals surface area (Å²) in [5.41, 5.74) is -6.99. The smallest absolute Gasteiger partial charge is 0.249 e. The van der Waals surface area contributed by atoms with E-state index < -0.39 is 101 Å². The molecule has 5 rings (SSSR count). The van der Waals surface area contributed by atoms with Crippen molar-refractivity contribution >= 4 is 54.9 Å². The van der Waals surface area contributed by atoms with E-state index in [-0.39, 0.29) is 0 Å². The van der Waals surface area contributed by atoms with E-state index in [0.717, 1.165) is 0 Å². The molecule has 0 amide bonds. The maximum absolute atomic E-state index is 15.0. The van der Waals surface area contributed by atoms with Gasteiger partial charge in [0.25, 0.3) is 0 Å². The zero-order chi connectivity index (χ0) is 26.0. The van der Waals surface area contributed by atoms with Crippen molar-refractivity contribution < 1.29 is 35.2 Å². The molecule has 0 saturated heterocycles. The van der Waals surface area contributed by atoms with Crippen LogP contribution in [0.3, 0.4) is 0 Å². The molecule has 8 nitrogen and oxygen atoms in total. The number of fused-ring (bicyclic) bond motifs is 7. The first-order valence-electron chi connectivity index (χ1n) is 9.24. The molecule has 36 heavy (non-hydrogen) atoms. The minimum atomic E-state index is -2.12. The van der Waals surface area contributed by atoms with Crippen molar-refractivity contribution in [2.75, 3.05) is 0 Å². The first kappa shape index (κ1) is 22.2. The predicted octanol–water partition coefficient (Wildman–Crippen LogP) is 3.51. The summed E-state index contributed by atoms with van der Waals surface area (Å²) in [6.45, 7) is 0. The van der Waals surface area contributed by atoms with Crippen LogP contribution < -0.4 is 11.1 Å². The zero-order valence-corrected chi connectivity index (χ0v) is 16.8. The van der Waals surface area contributed by atoms with Crippen molar-refractivity contribution in [3.63, 3.8) is 0 Å². The number of rotatable bonds is 0. The van der Waals surface area contributed by atoms with Crippen LogP contribution in [-0.4, -0.2) is 9.97 Å². The number of halogens is 6. The Morgan fingerprint density at radius 3 is 1.11 bits per heavy atom. The molecule has 0 aliphatic rings. The summed E-state index contributed by atoms with van der Waals surface area (Å²) in [6, 6.07) is 5.57. The van der Waals surface area contributed by atoms with Crippen LogP contribution in [0.15, 0.2) is 8.83 Å². The van der Waals surface area contributed by atoms with E-state index in [4.69, 9.17) is 29.9 Å². The first-order chi connectivity index (χ1) is 17.2. The van der Waals surface area contributed by atoms with Gasteiger partial charge in [0.2, 0.25) is 22.7 Å². The van der Waals surface area contributed by atoms with Gasteiger partial charge in [-0.1, -0.05) is 0 Å². The largest absolute Gasteiger partial charge is 0.431 e. The van der Waals surface area contributed by atoms with Crippen LogP contribution >= 0.6 is 0 Å². The summed E-state index contributed by atoms with van der Waals surface area (Å²) >= 11 is 0. The molecule has 3 aromatic carbocycles. The molecule has 172 valence electrons. The molecule has 0 radical (unpaired) electrons. The summed E-state index contributed by atoms with van der Waals surface area (Å²) < 4.78 is 99.4. The highest BCUT2D eigenvalue weighted by molar-refractivity contribution is 6.25. The average Bonchev–Trinajstić information content (AvgIpc) is 3.50. The normalized spacial score (nSPS) is 10.9. The molecule has 5 aromatic rings. The molecule has 0 saturated carbocycles. The minimum Gasteiger partial charge on any atom is -0.431 e. The number of benzene rings is 3. The van der Waals surface area contributed by atoms with Crippen molar-refractivity contribution in [1.82, 2.24) is 9.97 Å². The monoisotopic (exact) mass is 494 g/mol. The number of nitrogens with zero attached hydrogens (tertiary/aromatic N) is 6. The van der Waals surface area contributed by atoms with Gasteiger partial charge in [0, 0.05) is 10.8 Å². The predicted molar refractivity (Wildman–Crippen MR) is 105 cm³/mol. The molecule has 0 aliphatic heterocycles. The molecule has 0 aliphatic carbocycles. The third-order valence-electron chi connectivity index (χ3n) is 5.21. The lowest BCUT2D eigenvalue weighted by molar-refractivity contribution is 0.473. The second-order valence-electron chi connectivity index (χ2n) is 6.97. The number of nitriles is 4. The highest BCUT2D eigenvalue weighted by atomic mass is 19.2. The SMILES string of the molecule is N#CC(C#N)=c1nc2c(o1)c(F)c(F)c1c(F)c(F)c3c(F)c(F)c4oc(=C(C#N)C#N)nc4c3c12. The number of aromatic nitrogens is 2. The van der Waals surface area contributed by atoms with Gasteiger partial charge < -0.3 is 8.83 Å². The fourth-order valence-electron chi connectivity index (χ4n) is 3.73. The molecule has 2 heterocycles. The summed E-state index contributed by atoms with van der Waals surface area (Å²) in [4.78, 5) is 7.42. The van der Waals surface area contributed by atoms with Crippen LogP contribution in [0.5, 0.6) is 0 Å². The van der Waals surface area contributed by atoms with Gasteiger partial charge in [-0.05, 0) is 0 Å². The van der Waals surface area contributed by atoms with Gasteiger partial charge in [-0.3, -0.25) is 0 Å². The van der Waals surface area contributed by atoms with Crippen molar-refractivity contribution in [1.29, 1.82) is 21.0 Å². The van der Waals surface area contributed by atoms with Gasteiger partial charge in [0.05, 0.1) is 10.8 Å². The van der Waals surface area contributed by atoms with E-state index in [9.17, 15) is 26.3 Å².